The minimum atomic E-state index is -0.169. The molecule has 3 saturated heterocycles. The van der Waals surface area contributed by atoms with E-state index in [0.29, 0.717) is 6.54 Å². The Morgan fingerprint density at radius 3 is 2.64 bits per heavy atom. The summed E-state index contributed by atoms with van der Waals surface area (Å²) < 4.78 is 1.13. The second-order valence-corrected chi connectivity index (χ2v) is 9.07. The number of amides is 3. The summed E-state index contributed by atoms with van der Waals surface area (Å²) >= 11 is 3.55. The molecule has 3 aliphatic rings. The van der Waals surface area contributed by atoms with Crippen LogP contribution in [-0.4, -0.2) is 73.6 Å². The highest BCUT2D eigenvalue weighted by Gasteiger charge is 2.45. The van der Waals surface area contributed by atoms with Crippen LogP contribution in [0, 0.1) is 0 Å². The maximum atomic E-state index is 12.5. The lowest BCUT2D eigenvalue weighted by Gasteiger charge is -2.33. The van der Waals surface area contributed by atoms with Gasteiger partial charge < -0.3 is 14.7 Å². The monoisotopic (exact) mass is 449 g/mol. The van der Waals surface area contributed by atoms with E-state index in [1.165, 1.54) is 10.6 Å². The average molecular weight is 450 g/mol. The largest absolute Gasteiger partial charge is 0.360 e. The normalized spacial score (nSPS) is 23.5. The Hall–Kier alpha value is -1.60. The van der Waals surface area contributed by atoms with Gasteiger partial charge in [0.15, 0.2) is 0 Å². The van der Waals surface area contributed by atoms with E-state index < -0.39 is 0 Å². The van der Waals surface area contributed by atoms with Crippen molar-refractivity contribution >= 4 is 33.6 Å². The first-order chi connectivity index (χ1) is 13.6. The van der Waals surface area contributed by atoms with Crippen molar-refractivity contribution in [2.75, 3.05) is 50.7 Å². The quantitative estimate of drug-likeness (QED) is 0.531. The van der Waals surface area contributed by atoms with Crippen LogP contribution < -0.4 is 9.80 Å². The fourth-order valence-corrected chi connectivity index (χ4v) is 5.09. The zero-order valence-electron chi connectivity index (χ0n) is 16.4. The van der Waals surface area contributed by atoms with Gasteiger partial charge in [0, 0.05) is 23.2 Å². The summed E-state index contributed by atoms with van der Waals surface area (Å²) in [5.74, 6) is 0.0414. The summed E-state index contributed by atoms with van der Waals surface area (Å²) in [5, 5.41) is 0. The number of rotatable bonds is 6. The lowest BCUT2D eigenvalue weighted by Crippen LogP contribution is -3.14. The minimum absolute atomic E-state index is 0.0414. The molecular formula is C21H30BrN4O2+. The molecule has 1 N–H and O–H groups in total. The van der Waals surface area contributed by atoms with Crippen LogP contribution in [-0.2, 0) is 4.79 Å². The molecule has 0 aliphatic carbocycles. The maximum Gasteiger partial charge on any atom is 0.327 e. The minimum Gasteiger partial charge on any atom is -0.360 e. The third kappa shape index (κ3) is 4.20. The Bertz CT molecular complexity index is 696. The summed E-state index contributed by atoms with van der Waals surface area (Å²) in [6.45, 7) is 6.89. The Balaban J connectivity index is 1.17. The number of carbonyl (C=O) groups is 2. The molecule has 0 radical (unpaired) electrons. The molecule has 3 aliphatic heterocycles. The summed E-state index contributed by atoms with van der Waals surface area (Å²) in [4.78, 5) is 32.3. The molecule has 1 aromatic carbocycles. The van der Waals surface area contributed by atoms with Crippen LogP contribution in [0.3, 0.4) is 0 Å². The SMILES string of the molecule is O=C1[C@H]2CCCCN2C(=O)N1CCCC[NH+]1CCN(c2cccc(Br)c2)CC1. The Morgan fingerprint density at radius 2 is 1.89 bits per heavy atom. The van der Waals surface area contributed by atoms with Gasteiger partial charge in [0.1, 0.15) is 6.04 Å². The van der Waals surface area contributed by atoms with Gasteiger partial charge in [0.25, 0.3) is 5.91 Å². The number of imide groups is 1. The lowest BCUT2D eigenvalue weighted by molar-refractivity contribution is -0.900. The van der Waals surface area contributed by atoms with Crippen molar-refractivity contribution in [3.05, 3.63) is 28.7 Å². The third-order valence-electron chi connectivity index (χ3n) is 6.34. The van der Waals surface area contributed by atoms with Crippen LogP contribution in [0.5, 0.6) is 0 Å². The molecule has 0 unspecified atom stereocenters. The number of nitrogens with zero attached hydrogens (tertiary/aromatic N) is 3. The molecule has 1 aromatic rings. The van der Waals surface area contributed by atoms with Crippen LogP contribution in [0.4, 0.5) is 10.5 Å². The summed E-state index contributed by atoms with van der Waals surface area (Å²) in [6.07, 6.45) is 4.90. The number of fused-ring (bicyclic) bond motifs is 1. The topological polar surface area (TPSA) is 48.3 Å². The van der Waals surface area contributed by atoms with Gasteiger partial charge in [-0.1, -0.05) is 22.0 Å². The predicted molar refractivity (Wildman–Crippen MR) is 113 cm³/mol. The van der Waals surface area contributed by atoms with Crippen LogP contribution >= 0.6 is 15.9 Å². The Morgan fingerprint density at radius 1 is 1.07 bits per heavy atom. The van der Waals surface area contributed by atoms with Gasteiger partial charge >= 0.3 is 6.03 Å². The standard InChI is InChI=1S/C21H29BrN4O2/c22-17-6-5-7-18(16-17)24-14-12-23(13-15-24)9-3-4-11-26-20(27)19-8-1-2-10-25(19)21(26)28/h5-7,16,19H,1-4,8-15H2/p+1/t19-/m1/s1. The van der Waals surface area contributed by atoms with Crippen LogP contribution in [0.1, 0.15) is 32.1 Å². The molecule has 4 rings (SSSR count). The Kier molecular flexibility index (Phi) is 6.21. The van der Waals surface area contributed by atoms with Crippen molar-refractivity contribution in [3.63, 3.8) is 0 Å². The number of anilines is 1. The van der Waals surface area contributed by atoms with Crippen molar-refractivity contribution in [1.29, 1.82) is 0 Å². The highest BCUT2D eigenvalue weighted by atomic mass is 79.9. The molecule has 0 aromatic heterocycles. The molecule has 28 heavy (non-hydrogen) atoms. The summed E-state index contributed by atoms with van der Waals surface area (Å²) in [6, 6.07) is 8.29. The molecule has 0 saturated carbocycles. The molecule has 6 nitrogen and oxygen atoms in total. The molecular weight excluding hydrogens is 420 g/mol. The smallest absolute Gasteiger partial charge is 0.327 e. The fraction of sp³-hybridized carbons (Fsp3) is 0.619. The predicted octanol–water partition coefficient (Wildman–Crippen LogP) is 1.75. The number of hydrogen-bond acceptors (Lipinski definition) is 3. The number of piperazine rings is 1. The molecule has 3 amide bonds. The average Bonchev–Trinajstić information content (AvgIpc) is 2.96. The van der Waals surface area contributed by atoms with Crippen LogP contribution in [0.25, 0.3) is 0 Å². The third-order valence-corrected chi connectivity index (χ3v) is 6.83. The van der Waals surface area contributed by atoms with E-state index in [0.717, 1.165) is 75.8 Å². The van der Waals surface area contributed by atoms with E-state index in [2.05, 4.69) is 45.1 Å². The number of quaternary nitrogens is 1. The zero-order chi connectivity index (χ0) is 19.5. The molecule has 152 valence electrons. The molecule has 1 atom stereocenters. The number of hydrogen-bond donors (Lipinski definition) is 1. The molecule has 0 bridgehead atoms. The van der Waals surface area contributed by atoms with Crippen molar-refractivity contribution in [1.82, 2.24) is 9.80 Å². The van der Waals surface area contributed by atoms with Crippen LogP contribution in [0.2, 0.25) is 0 Å². The number of carbonyl (C=O) groups excluding carboxylic acids is 2. The maximum absolute atomic E-state index is 12.5. The molecule has 7 heteroatoms. The summed E-state index contributed by atoms with van der Waals surface area (Å²) in [5.41, 5.74) is 1.29. The van der Waals surface area contributed by atoms with E-state index in [1.807, 2.05) is 0 Å². The first kappa shape index (κ1) is 19.7. The van der Waals surface area contributed by atoms with Gasteiger partial charge in [-0.3, -0.25) is 9.69 Å². The van der Waals surface area contributed by atoms with E-state index >= 15 is 0 Å². The van der Waals surface area contributed by atoms with Gasteiger partial charge in [-0.25, -0.2) is 4.79 Å². The highest BCUT2D eigenvalue weighted by Crippen LogP contribution is 2.26. The molecule has 3 heterocycles. The van der Waals surface area contributed by atoms with E-state index in [-0.39, 0.29) is 18.0 Å². The second kappa shape index (κ2) is 8.82. The second-order valence-electron chi connectivity index (χ2n) is 8.15. The molecule has 0 spiro atoms. The van der Waals surface area contributed by atoms with Crippen LogP contribution in [0.15, 0.2) is 28.7 Å². The molecule has 3 fully saturated rings. The number of unbranched alkanes of at least 4 members (excludes halogenated alkanes) is 1. The zero-order valence-corrected chi connectivity index (χ0v) is 18.0. The van der Waals surface area contributed by atoms with Crippen molar-refractivity contribution in [2.24, 2.45) is 0 Å². The number of nitrogens with one attached hydrogen (secondary N) is 1. The highest BCUT2D eigenvalue weighted by molar-refractivity contribution is 9.10. The number of halogens is 1. The number of benzene rings is 1. The van der Waals surface area contributed by atoms with Crippen molar-refractivity contribution in [2.45, 2.75) is 38.1 Å². The number of piperidine rings is 1. The summed E-state index contributed by atoms with van der Waals surface area (Å²) in [7, 11) is 0. The fourth-order valence-electron chi connectivity index (χ4n) is 4.70. The van der Waals surface area contributed by atoms with Crippen molar-refractivity contribution < 1.29 is 14.5 Å². The van der Waals surface area contributed by atoms with Gasteiger partial charge in [-0.15, -0.1) is 0 Å². The number of urea groups is 1. The Labute approximate surface area is 175 Å². The van der Waals surface area contributed by atoms with Gasteiger partial charge in [0.2, 0.25) is 0 Å². The van der Waals surface area contributed by atoms with E-state index in [9.17, 15) is 9.59 Å². The van der Waals surface area contributed by atoms with E-state index in [4.69, 9.17) is 0 Å². The van der Waals surface area contributed by atoms with Gasteiger partial charge in [-0.2, -0.15) is 0 Å². The van der Waals surface area contributed by atoms with Gasteiger partial charge in [0.05, 0.1) is 32.7 Å². The first-order valence-electron chi connectivity index (χ1n) is 10.6. The lowest BCUT2D eigenvalue weighted by atomic mass is 10.0. The van der Waals surface area contributed by atoms with Gasteiger partial charge in [-0.05, 0) is 50.3 Å². The van der Waals surface area contributed by atoms with E-state index in [1.54, 1.807) is 9.80 Å². The van der Waals surface area contributed by atoms with Crippen molar-refractivity contribution in [3.8, 4) is 0 Å². The first-order valence-corrected chi connectivity index (χ1v) is 11.4.